The van der Waals surface area contributed by atoms with Crippen LogP contribution in [0.4, 0.5) is 5.69 Å². The zero-order valence-corrected chi connectivity index (χ0v) is 8.59. The van der Waals surface area contributed by atoms with Crippen molar-refractivity contribution in [2.75, 3.05) is 5.73 Å². The Morgan fingerprint density at radius 3 is 2.94 bits per heavy atom. The second-order valence-electron chi connectivity index (χ2n) is 3.65. The summed E-state index contributed by atoms with van der Waals surface area (Å²) in [6.07, 6.45) is 1.74. The number of aromatic nitrogens is 3. The van der Waals surface area contributed by atoms with Crippen LogP contribution in [0.1, 0.15) is 5.69 Å². The summed E-state index contributed by atoms with van der Waals surface area (Å²) in [6, 6.07) is 7.46. The molecule has 5 nitrogen and oxygen atoms in total. The molecule has 0 amide bonds. The monoisotopic (exact) mass is 213 g/mol. The van der Waals surface area contributed by atoms with E-state index in [1.807, 2.05) is 24.3 Å². The Morgan fingerprint density at radius 1 is 1.25 bits per heavy atom. The average molecular weight is 213 g/mol. The summed E-state index contributed by atoms with van der Waals surface area (Å²) in [4.78, 5) is 4.31. The lowest BCUT2D eigenvalue weighted by Gasteiger charge is -1.99. The van der Waals surface area contributed by atoms with E-state index in [-0.39, 0.29) is 0 Å². The first kappa shape index (κ1) is 9.11. The third-order valence-electron chi connectivity index (χ3n) is 2.61. The van der Waals surface area contributed by atoms with Crippen molar-refractivity contribution in [3.8, 4) is 0 Å². The molecule has 0 aliphatic carbocycles. The second kappa shape index (κ2) is 3.18. The number of nitrogen functional groups attached to an aromatic ring is 1. The van der Waals surface area contributed by atoms with Gasteiger partial charge in [-0.3, -0.25) is 0 Å². The summed E-state index contributed by atoms with van der Waals surface area (Å²) in [7, 11) is 0. The molecule has 0 radical (unpaired) electrons. The van der Waals surface area contributed by atoms with Crippen LogP contribution in [0.15, 0.2) is 30.5 Å². The first-order chi connectivity index (χ1) is 7.79. The van der Waals surface area contributed by atoms with Crippen LogP contribution in [0.25, 0.3) is 16.6 Å². The van der Waals surface area contributed by atoms with Crippen molar-refractivity contribution in [3.63, 3.8) is 0 Å². The molecule has 0 atom stereocenters. The highest BCUT2D eigenvalue weighted by Crippen LogP contribution is 2.21. The maximum atomic E-state index is 5.76. The van der Waals surface area contributed by atoms with Crippen molar-refractivity contribution in [3.05, 3.63) is 36.2 Å². The Balaban J connectivity index is 2.50. The largest absolute Gasteiger partial charge is 0.399 e. The van der Waals surface area contributed by atoms with Gasteiger partial charge in [0.05, 0.1) is 11.2 Å². The fraction of sp³-hybridized carbons (Fsp3) is 0.0909. The first-order valence-corrected chi connectivity index (χ1v) is 5.01. The molecule has 0 saturated heterocycles. The molecule has 0 spiro atoms. The number of anilines is 1. The van der Waals surface area contributed by atoms with E-state index in [0.717, 1.165) is 22.2 Å². The fourth-order valence-corrected chi connectivity index (χ4v) is 1.83. The van der Waals surface area contributed by atoms with Crippen LogP contribution in [0.5, 0.6) is 0 Å². The standard InChI is InChI=1S/C11H11N5/c12-6-8-3-4-14-11-9-5-7(13)1-2-10(9)15-16(8)11/h1-5H,6,12-13H2. The topological polar surface area (TPSA) is 82.2 Å². The van der Waals surface area contributed by atoms with Gasteiger partial charge in [0.15, 0.2) is 5.65 Å². The van der Waals surface area contributed by atoms with E-state index >= 15 is 0 Å². The highest BCUT2D eigenvalue weighted by Gasteiger charge is 2.08. The van der Waals surface area contributed by atoms with Gasteiger partial charge in [0.1, 0.15) is 0 Å². The number of rotatable bonds is 1. The lowest BCUT2D eigenvalue weighted by Crippen LogP contribution is -2.05. The van der Waals surface area contributed by atoms with E-state index in [1.54, 1.807) is 10.7 Å². The Hall–Kier alpha value is -2.14. The van der Waals surface area contributed by atoms with E-state index in [0.29, 0.717) is 12.2 Å². The molecule has 3 rings (SSSR count). The van der Waals surface area contributed by atoms with Crippen LogP contribution in [0.3, 0.4) is 0 Å². The minimum Gasteiger partial charge on any atom is -0.399 e. The van der Waals surface area contributed by atoms with Gasteiger partial charge in [-0.25, -0.2) is 9.50 Å². The second-order valence-corrected chi connectivity index (χ2v) is 3.65. The van der Waals surface area contributed by atoms with Crippen molar-refractivity contribution in [2.24, 2.45) is 5.73 Å². The van der Waals surface area contributed by atoms with Gasteiger partial charge in [-0.05, 0) is 24.3 Å². The molecular formula is C11H11N5. The zero-order valence-electron chi connectivity index (χ0n) is 8.59. The van der Waals surface area contributed by atoms with Crippen molar-refractivity contribution in [2.45, 2.75) is 6.54 Å². The quantitative estimate of drug-likeness (QED) is 0.589. The summed E-state index contributed by atoms with van der Waals surface area (Å²) in [5.41, 5.74) is 14.7. The van der Waals surface area contributed by atoms with Crippen LogP contribution in [-0.4, -0.2) is 14.6 Å². The molecule has 2 aromatic heterocycles. The number of hydrogen-bond acceptors (Lipinski definition) is 4. The van der Waals surface area contributed by atoms with Gasteiger partial charge in [0.2, 0.25) is 0 Å². The molecule has 0 unspecified atom stereocenters. The Bertz CT molecular complexity index is 670. The van der Waals surface area contributed by atoms with Crippen LogP contribution in [0, 0.1) is 0 Å². The lowest BCUT2D eigenvalue weighted by atomic mass is 10.2. The van der Waals surface area contributed by atoms with Gasteiger partial charge >= 0.3 is 0 Å². The summed E-state index contributed by atoms with van der Waals surface area (Å²) in [5, 5.41) is 5.40. The third kappa shape index (κ3) is 1.15. The molecule has 0 aliphatic rings. The molecular weight excluding hydrogens is 202 g/mol. The molecule has 2 heterocycles. The third-order valence-corrected chi connectivity index (χ3v) is 2.61. The van der Waals surface area contributed by atoms with Gasteiger partial charge in [0, 0.05) is 23.8 Å². The van der Waals surface area contributed by atoms with E-state index in [1.165, 1.54) is 0 Å². The molecule has 0 bridgehead atoms. The molecule has 0 aliphatic heterocycles. The number of hydrogen-bond donors (Lipinski definition) is 2. The van der Waals surface area contributed by atoms with E-state index in [9.17, 15) is 0 Å². The summed E-state index contributed by atoms with van der Waals surface area (Å²) < 4.78 is 1.77. The lowest BCUT2D eigenvalue weighted by molar-refractivity contribution is 0.845. The minimum atomic E-state index is 0.433. The maximum absolute atomic E-state index is 5.76. The number of nitrogens with two attached hydrogens (primary N) is 2. The SMILES string of the molecule is NCc1ccnc2c3cc(N)ccc3nn12. The molecule has 5 heteroatoms. The predicted molar refractivity (Wildman–Crippen MR) is 62.8 cm³/mol. The van der Waals surface area contributed by atoms with Crippen molar-refractivity contribution in [1.82, 2.24) is 14.6 Å². The fourth-order valence-electron chi connectivity index (χ4n) is 1.83. The number of fused-ring (bicyclic) bond motifs is 3. The summed E-state index contributed by atoms with van der Waals surface area (Å²) in [6.45, 7) is 0.433. The van der Waals surface area contributed by atoms with Gasteiger partial charge in [-0.1, -0.05) is 0 Å². The molecule has 0 saturated carbocycles. The average Bonchev–Trinajstić information content (AvgIpc) is 2.67. The van der Waals surface area contributed by atoms with E-state index < -0.39 is 0 Å². The number of nitrogens with zero attached hydrogens (tertiary/aromatic N) is 3. The minimum absolute atomic E-state index is 0.433. The van der Waals surface area contributed by atoms with Crippen LogP contribution < -0.4 is 11.5 Å². The van der Waals surface area contributed by atoms with Crippen molar-refractivity contribution < 1.29 is 0 Å². The molecule has 1 aromatic carbocycles. The van der Waals surface area contributed by atoms with Crippen molar-refractivity contribution >= 4 is 22.2 Å². The van der Waals surface area contributed by atoms with Crippen LogP contribution in [0.2, 0.25) is 0 Å². The summed E-state index contributed by atoms with van der Waals surface area (Å²) in [5.74, 6) is 0. The Kier molecular flexibility index (Phi) is 1.81. The van der Waals surface area contributed by atoms with E-state index in [2.05, 4.69) is 10.1 Å². The Morgan fingerprint density at radius 2 is 2.12 bits per heavy atom. The summed E-state index contributed by atoms with van der Waals surface area (Å²) >= 11 is 0. The molecule has 3 aromatic rings. The smallest absolute Gasteiger partial charge is 0.163 e. The highest BCUT2D eigenvalue weighted by molar-refractivity contribution is 5.94. The zero-order chi connectivity index (χ0) is 11.1. The maximum Gasteiger partial charge on any atom is 0.163 e. The molecule has 80 valence electrons. The van der Waals surface area contributed by atoms with Gasteiger partial charge in [-0.15, -0.1) is 0 Å². The highest BCUT2D eigenvalue weighted by atomic mass is 15.3. The predicted octanol–water partition coefficient (Wildman–Crippen LogP) is 0.923. The molecule has 16 heavy (non-hydrogen) atoms. The van der Waals surface area contributed by atoms with Crippen LogP contribution in [-0.2, 0) is 6.54 Å². The molecule has 0 fully saturated rings. The van der Waals surface area contributed by atoms with Crippen LogP contribution >= 0.6 is 0 Å². The van der Waals surface area contributed by atoms with Crippen molar-refractivity contribution in [1.29, 1.82) is 0 Å². The first-order valence-electron chi connectivity index (χ1n) is 5.01. The normalized spacial score (nSPS) is 11.3. The number of benzene rings is 1. The Labute approximate surface area is 91.7 Å². The molecule has 4 N–H and O–H groups in total. The van der Waals surface area contributed by atoms with Gasteiger partial charge in [0.25, 0.3) is 0 Å². The van der Waals surface area contributed by atoms with E-state index in [4.69, 9.17) is 11.5 Å². The van der Waals surface area contributed by atoms with Gasteiger partial charge in [-0.2, -0.15) is 5.10 Å². The van der Waals surface area contributed by atoms with Gasteiger partial charge < -0.3 is 11.5 Å².